The first-order valence-electron chi connectivity index (χ1n) is 6.56. The lowest BCUT2D eigenvalue weighted by Crippen LogP contribution is -2.47. The zero-order valence-corrected chi connectivity index (χ0v) is 11.9. The molecule has 0 saturated heterocycles. The Hall–Kier alpha value is -0.790. The van der Waals surface area contributed by atoms with Crippen molar-refractivity contribution in [2.75, 3.05) is 6.61 Å². The first kappa shape index (κ1) is 14.3. The number of esters is 1. The van der Waals surface area contributed by atoms with Crippen molar-refractivity contribution in [3.05, 3.63) is 12.2 Å². The lowest BCUT2D eigenvalue weighted by Gasteiger charge is -2.52. The van der Waals surface area contributed by atoms with Gasteiger partial charge in [0.1, 0.15) is 0 Å². The van der Waals surface area contributed by atoms with Crippen LogP contribution in [0.2, 0.25) is 0 Å². The number of carbonyl (C=O) groups is 1. The molecule has 17 heavy (non-hydrogen) atoms. The van der Waals surface area contributed by atoms with E-state index in [-0.39, 0.29) is 11.4 Å². The summed E-state index contributed by atoms with van der Waals surface area (Å²) in [7, 11) is 0. The molecule has 0 radical (unpaired) electrons. The van der Waals surface area contributed by atoms with E-state index in [0.29, 0.717) is 30.8 Å². The third-order valence-electron chi connectivity index (χ3n) is 4.09. The summed E-state index contributed by atoms with van der Waals surface area (Å²) in [5.74, 6) is 1.38. The van der Waals surface area contributed by atoms with Crippen LogP contribution < -0.4 is 0 Å². The standard InChI is InChI=1S/C15H26O2/c1-10(2)7-14(16)17-9-12-8-13(11(3)4)15(12,5)6/h10,12-13H,3,7-9H2,1-2,4-6H3. The Morgan fingerprint density at radius 3 is 2.47 bits per heavy atom. The summed E-state index contributed by atoms with van der Waals surface area (Å²) < 4.78 is 5.35. The Morgan fingerprint density at radius 2 is 2.06 bits per heavy atom. The van der Waals surface area contributed by atoms with Crippen LogP contribution in [0.4, 0.5) is 0 Å². The lowest BCUT2D eigenvalue weighted by molar-refractivity contribution is -0.151. The van der Waals surface area contributed by atoms with Crippen molar-refractivity contribution in [1.82, 2.24) is 0 Å². The zero-order valence-electron chi connectivity index (χ0n) is 11.9. The molecule has 0 aromatic rings. The molecule has 0 spiro atoms. The second-order valence-electron chi connectivity index (χ2n) is 6.43. The van der Waals surface area contributed by atoms with Crippen LogP contribution in [0.1, 0.15) is 47.5 Å². The van der Waals surface area contributed by atoms with Crippen molar-refractivity contribution in [3.63, 3.8) is 0 Å². The van der Waals surface area contributed by atoms with E-state index in [1.54, 1.807) is 0 Å². The van der Waals surface area contributed by atoms with Gasteiger partial charge in [0.05, 0.1) is 6.61 Å². The van der Waals surface area contributed by atoms with Crippen LogP contribution in [0.3, 0.4) is 0 Å². The summed E-state index contributed by atoms with van der Waals surface area (Å²) in [4.78, 5) is 11.5. The van der Waals surface area contributed by atoms with E-state index in [2.05, 4.69) is 27.4 Å². The number of ether oxygens (including phenoxy) is 1. The number of carbonyl (C=O) groups excluding carboxylic acids is 1. The van der Waals surface area contributed by atoms with Crippen LogP contribution in [0.15, 0.2) is 12.2 Å². The first-order valence-corrected chi connectivity index (χ1v) is 6.56. The van der Waals surface area contributed by atoms with E-state index < -0.39 is 0 Å². The topological polar surface area (TPSA) is 26.3 Å². The van der Waals surface area contributed by atoms with E-state index in [0.717, 1.165) is 6.42 Å². The Kier molecular flexibility index (Phi) is 4.40. The van der Waals surface area contributed by atoms with Crippen molar-refractivity contribution >= 4 is 5.97 Å². The molecule has 2 atom stereocenters. The molecule has 0 aromatic carbocycles. The summed E-state index contributed by atoms with van der Waals surface area (Å²) in [5.41, 5.74) is 1.48. The molecule has 0 bridgehead atoms. The van der Waals surface area contributed by atoms with Crippen LogP contribution in [0.25, 0.3) is 0 Å². The van der Waals surface area contributed by atoms with Crippen molar-refractivity contribution in [1.29, 1.82) is 0 Å². The maximum absolute atomic E-state index is 11.5. The third-order valence-corrected chi connectivity index (χ3v) is 4.09. The fraction of sp³-hybridized carbons (Fsp3) is 0.800. The summed E-state index contributed by atoms with van der Waals surface area (Å²) in [6.07, 6.45) is 1.63. The van der Waals surface area contributed by atoms with Gasteiger partial charge >= 0.3 is 5.97 Å². The van der Waals surface area contributed by atoms with Gasteiger partial charge < -0.3 is 4.74 Å². The summed E-state index contributed by atoms with van der Waals surface area (Å²) in [6, 6.07) is 0. The van der Waals surface area contributed by atoms with Gasteiger partial charge in [-0.05, 0) is 36.5 Å². The van der Waals surface area contributed by atoms with E-state index >= 15 is 0 Å². The van der Waals surface area contributed by atoms with E-state index in [4.69, 9.17) is 4.74 Å². The van der Waals surface area contributed by atoms with Crippen LogP contribution in [-0.2, 0) is 9.53 Å². The number of hydrogen-bond acceptors (Lipinski definition) is 2. The molecule has 2 heteroatoms. The normalized spacial score (nSPS) is 26.5. The lowest BCUT2D eigenvalue weighted by atomic mass is 9.53. The molecule has 0 aromatic heterocycles. The smallest absolute Gasteiger partial charge is 0.306 e. The predicted octanol–water partition coefficient (Wildman–Crippen LogP) is 3.81. The largest absolute Gasteiger partial charge is 0.465 e. The fourth-order valence-electron chi connectivity index (χ4n) is 2.72. The summed E-state index contributed by atoms with van der Waals surface area (Å²) >= 11 is 0. The van der Waals surface area contributed by atoms with Crippen LogP contribution in [0, 0.1) is 23.2 Å². The fourth-order valence-corrected chi connectivity index (χ4v) is 2.72. The molecule has 1 aliphatic carbocycles. The van der Waals surface area contributed by atoms with Gasteiger partial charge in [-0.3, -0.25) is 4.79 Å². The van der Waals surface area contributed by atoms with Gasteiger partial charge in [0, 0.05) is 6.42 Å². The van der Waals surface area contributed by atoms with Crippen LogP contribution in [-0.4, -0.2) is 12.6 Å². The predicted molar refractivity (Wildman–Crippen MR) is 70.6 cm³/mol. The highest BCUT2D eigenvalue weighted by molar-refractivity contribution is 5.69. The van der Waals surface area contributed by atoms with Gasteiger partial charge in [0.15, 0.2) is 0 Å². The summed E-state index contributed by atoms with van der Waals surface area (Å²) in [5, 5.41) is 0. The molecule has 1 rings (SSSR count). The minimum absolute atomic E-state index is 0.0606. The highest BCUT2D eigenvalue weighted by Gasteiger charge is 2.48. The maximum atomic E-state index is 11.5. The zero-order chi connectivity index (χ0) is 13.2. The Bertz CT molecular complexity index is 302. The van der Waals surface area contributed by atoms with Crippen LogP contribution in [0.5, 0.6) is 0 Å². The molecule has 0 aliphatic heterocycles. The highest BCUT2D eigenvalue weighted by Crippen LogP contribution is 2.54. The molecule has 2 unspecified atom stereocenters. The first-order chi connectivity index (χ1) is 7.75. The summed E-state index contributed by atoms with van der Waals surface area (Å²) in [6.45, 7) is 15.3. The highest BCUT2D eigenvalue weighted by atomic mass is 16.5. The SMILES string of the molecule is C=C(C)C1CC(COC(=O)CC(C)C)C1(C)C. The quantitative estimate of drug-likeness (QED) is 0.537. The average Bonchev–Trinajstić information content (AvgIpc) is 2.14. The molecular weight excluding hydrogens is 212 g/mol. The van der Waals surface area contributed by atoms with Gasteiger partial charge in [-0.2, -0.15) is 0 Å². The van der Waals surface area contributed by atoms with E-state index in [1.807, 2.05) is 13.8 Å². The number of rotatable bonds is 5. The maximum Gasteiger partial charge on any atom is 0.306 e. The molecule has 2 nitrogen and oxygen atoms in total. The van der Waals surface area contributed by atoms with Gasteiger partial charge in [0.2, 0.25) is 0 Å². The third kappa shape index (κ3) is 3.34. The van der Waals surface area contributed by atoms with E-state index in [1.165, 1.54) is 5.57 Å². The minimum atomic E-state index is -0.0606. The Balaban J connectivity index is 2.36. The molecule has 0 N–H and O–H groups in total. The van der Waals surface area contributed by atoms with Crippen LogP contribution >= 0.6 is 0 Å². The molecule has 0 heterocycles. The molecular formula is C15H26O2. The second-order valence-corrected chi connectivity index (χ2v) is 6.43. The van der Waals surface area contributed by atoms with Crippen molar-refractivity contribution in [3.8, 4) is 0 Å². The van der Waals surface area contributed by atoms with Crippen molar-refractivity contribution in [2.24, 2.45) is 23.2 Å². The number of hydrogen-bond donors (Lipinski definition) is 0. The van der Waals surface area contributed by atoms with Gasteiger partial charge in [-0.1, -0.05) is 39.8 Å². The molecule has 0 amide bonds. The molecule has 1 saturated carbocycles. The van der Waals surface area contributed by atoms with Crippen molar-refractivity contribution < 1.29 is 9.53 Å². The minimum Gasteiger partial charge on any atom is -0.465 e. The second kappa shape index (κ2) is 5.24. The van der Waals surface area contributed by atoms with Gasteiger partial charge in [-0.15, -0.1) is 0 Å². The van der Waals surface area contributed by atoms with Gasteiger partial charge in [-0.25, -0.2) is 0 Å². The van der Waals surface area contributed by atoms with E-state index in [9.17, 15) is 4.79 Å². The molecule has 1 fully saturated rings. The Labute approximate surface area is 105 Å². The number of allylic oxidation sites excluding steroid dienone is 1. The van der Waals surface area contributed by atoms with Crippen molar-refractivity contribution in [2.45, 2.75) is 47.5 Å². The molecule has 98 valence electrons. The Morgan fingerprint density at radius 1 is 1.47 bits per heavy atom. The monoisotopic (exact) mass is 238 g/mol. The average molecular weight is 238 g/mol. The van der Waals surface area contributed by atoms with Gasteiger partial charge in [0.25, 0.3) is 0 Å². The molecule has 1 aliphatic rings.